The van der Waals surface area contributed by atoms with Gasteiger partial charge >= 0.3 is 0 Å². The predicted molar refractivity (Wildman–Crippen MR) is 80.6 cm³/mol. The van der Waals surface area contributed by atoms with E-state index in [1.54, 1.807) is 0 Å². The fourth-order valence-electron chi connectivity index (χ4n) is 2.89. The molecule has 0 aliphatic carbocycles. The molecule has 1 N–H and O–H groups in total. The highest BCUT2D eigenvalue weighted by Gasteiger charge is 2.26. The van der Waals surface area contributed by atoms with Gasteiger partial charge in [0.15, 0.2) is 0 Å². The quantitative estimate of drug-likeness (QED) is 0.796. The van der Waals surface area contributed by atoms with Crippen molar-refractivity contribution < 1.29 is 4.98 Å². The van der Waals surface area contributed by atoms with Crippen LogP contribution in [0.2, 0.25) is 0 Å². The van der Waals surface area contributed by atoms with Crippen LogP contribution in [-0.2, 0) is 0 Å². The lowest BCUT2D eigenvalue weighted by Crippen LogP contribution is -2.37. The van der Waals surface area contributed by atoms with Crippen molar-refractivity contribution in [1.82, 2.24) is 0 Å². The smallest absolute Gasteiger partial charge is 0.261 e. The van der Waals surface area contributed by atoms with Gasteiger partial charge in [0.05, 0.1) is 13.1 Å². The monoisotopic (exact) mass is 266 g/mol. The molecule has 0 amide bonds. The highest BCUT2D eigenvalue weighted by molar-refractivity contribution is 5.79. The predicted octanol–water partition coefficient (Wildman–Crippen LogP) is 3.07. The van der Waals surface area contributed by atoms with Crippen molar-refractivity contribution in [3.8, 4) is 6.07 Å². The Bertz CT molecular complexity index is 676. The van der Waals surface area contributed by atoms with Crippen LogP contribution in [0.25, 0.3) is 10.9 Å². The van der Waals surface area contributed by atoms with Crippen molar-refractivity contribution in [2.75, 3.05) is 18.0 Å². The number of fused-ring (bicyclic) bond motifs is 1. The summed E-state index contributed by atoms with van der Waals surface area (Å²) in [7, 11) is 0. The van der Waals surface area contributed by atoms with Crippen LogP contribution in [-0.4, -0.2) is 13.1 Å². The molecule has 3 rings (SSSR count). The van der Waals surface area contributed by atoms with Gasteiger partial charge in [0, 0.05) is 5.39 Å². The Morgan fingerprint density at radius 2 is 2.00 bits per heavy atom. The lowest BCUT2D eigenvalue weighted by atomic mass is 9.99. The minimum absolute atomic E-state index is 0.746. The van der Waals surface area contributed by atoms with Crippen LogP contribution in [0.1, 0.15) is 30.9 Å². The van der Waals surface area contributed by atoms with Crippen molar-refractivity contribution in [3.63, 3.8) is 0 Å². The average molecular weight is 266 g/mol. The first-order valence-electron chi connectivity index (χ1n) is 7.29. The minimum Gasteiger partial charge on any atom is -0.261 e. The van der Waals surface area contributed by atoms with E-state index < -0.39 is 0 Å². The van der Waals surface area contributed by atoms with Crippen molar-refractivity contribution >= 4 is 16.7 Å². The van der Waals surface area contributed by atoms with Crippen LogP contribution in [0.4, 0.5) is 5.82 Å². The van der Waals surface area contributed by atoms with Crippen LogP contribution in [0.3, 0.4) is 0 Å². The van der Waals surface area contributed by atoms with Crippen molar-refractivity contribution in [2.45, 2.75) is 26.7 Å². The normalized spacial score (nSPS) is 16.4. The maximum absolute atomic E-state index is 9.42. The molecule has 1 aromatic carbocycles. The van der Waals surface area contributed by atoms with Gasteiger partial charge in [0.25, 0.3) is 5.82 Å². The Kier molecular flexibility index (Phi) is 3.31. The van der Waals surface area contributed by atoms with E-state index in [9.17, 15) is 5.26 Å². The lowest BCUT2D eigenvalue weighted by Gasteiger charge is -2.25. The van der Waals surface area contributed by atoms with E-state index in [4.69, 9.17) is 0 Å². The molecule has 1 saturated heterocycles. The summed E-state index contributed by atoms with van der Waals surface area (Å²) in [5.41, 5.74) is 3.09. The van der Waals surface area contributed by atoms with Gasteiger partial charge in [0.2, 0.25) is 0 Å². The third-order valence-electron chi connectivity index (χ3n) is 4.24. The van der Waals surface area contributed by atoms with E-state index in [1.807, 2.05) is 6.07 Å². The second-order valence-electron chi connectivity index (χ2n) is 5.90. The molecule has 20 heavy (non-hydrogen) atoms. The van der Waals surface area contributed by atoms with Crippen molar-refractivity contribution in [1.29, 1.82) is 5.26 Å². The van der Waals surface area contributed by atoms with Gasteiger partial charge in [0.1, 0.15) is 17.1 Å². The summed E-state index contributed by atoms with van der Waals surface area (Å²) < 4.78 is 0. The first-order chi connectivity index (χ1) is 9.67. The number of piperidine rings is 1. The van der Waals surface area contributed by atoms with Crippen molar-refractivity contribution in [3.05, 3.63) is 35.4 Å². The van der Waals surface area contributed by atoms with Gasteiger partial charge in [-0.15, -0.1) is 0 Å². The zero-order valence-corrected chi connectivity index (χ0v) is 12.1. The summed E-state index contributed by atoms with van der Waals surface area (Å²) in [6.45, 7) is 6.46. The number of hydrogen-bond acceptors (Lipinski definition) is 2. The molecule has 0 saturated carbocycles. The van der Waals surface area contributed by atoms with Gasteiger partial charge in [-0.2, -0.15) is 5.26 Å². The van der Waals surface area contributed by atoms with E-state index in [-0.39, 0.29) is 0 Å². The number of hydrogen-bond donors (Lipinski definition) is 0. The number of benzene rings is 1. The SMILES string of the molecule is Cc1ccc2cc(C#N)c(N3CCC(C)CC3)[nH+]c2c1. The molecule has 0 bridgehead atoms. The van der Waals surface area contributed by atoms with E-state index in [2.05, 4.69) is 48.0 Å². The molecular weight excluding hydrogens is 246 g/mol. The average Bonchev–Trinajstić information content (AvgIpc) is 2.46. The molecule has 102 valence electrons. The zero-order valence-electron chi connectivity index (χ0n) is 12.1. The fraction of sp³-hybridized carbons (Fsp3) is 0.412. The summed E-state index contributed by atoms with van der Waals surface area (Å²) >= 11 is 0. The largest absolute Gasteiger partial charge is 0.293 e. The van der Waals surface area contributed by atoms with Crippen LogP contribution in [0.5, 0.6) is 0 Å². The third-order valence-corrected chi connectivity index (χ3v) is 4.24. The summed E-state index contributed by atoms with van der Waals surface area (Å²) in [5, 5.41) is 10.5. The fourth-order valence-corrected chi connectivity index (χ4v) is 2.89. The van der Waals surface area contributed by atoms with Crippen LogP contribution >= 0.6 is 0 Å². The second kappa shape index (κ2) is 5.13. The second-order valence-corrected chi connectivity index (χ2v) is 5.90. The van der Waals surface area contributed by atoms with Crippen molar-refractivity contribution in [2.24, 2.45) is 5.92 Å². The Hall–Kier alpha value is -2.08. The van der Waals surface area contributed by atoms with Crippen LogP contribution < -0.4 is 9.88 Å². The molecular formula is C17H20N3+. The van der Waals surface area contributed by atoms with Gasteiger partial charge in [-0.05, 0) is 43.4 Å². The number of nitriles is 1. The molecule has 0 spiro atoms. The molecule has 0 radical (unpaired) electrons. The topological polar surface area (TPSA) is 41.2 Å². The molecule has 1 aliphatic heterocycles. The van der Waals surface area contributed by atoms with E-state index in [1.165, 1.54) is 18.4 Å². The lowest BCUT2D eigenvalue weighted by molar-refractivity contribution is -0.331. The summed E-state index contributed by atoms with van der Waals surface area (Å²) in [4.78, 5) is 5.79. The number of rotatable bonds is 1. The van der Waals surface area contributed by atoms with Gasteiger partial charge in [-0.3, -0.25) is 4.90 Å². The van der Waals surface area contributed by atoms with E-state index >= 15 is 0 Å². The number of pyridine rings is 1. The molecule has 0 atom stereocenters. The molecule has 3 nitrogen and oxygen atoms in total. The highest BCUT2D eigenvalue weighted by atomic mass is 15.2. The number of H-pyrrole nitrogens is 1. The number of nitrogens with one attached hydrogen (secondary N) is 1. The maximum Gasteiger partial charge on any atom is 0.293 e. The maximum atomic E-state index is 9.42. The zero-order chi connectivity index (χ0) is 14.1. The molecule has 1 aromatic heterocycles. The Morgan fingerprint density at radius 3 is 2.70 bits per heavy atom. The Morgan fingerprint density at radius 1 is 1.25 bits per heavy atom. The number of aryl methyl sites for hydroxylation is 1. The number of aromatic nitrogens is 1. The Labute approximate surface area is 119 Å². The van der Waals surface area contributed by atoms with E-state index in [0.717, 1.165) is 41.3 Å². The molecule has 2 heterocycles. The van der Waals surface area contributed by atoms with Gasteiger partial charge < -0.3 is 0 Å². The standard InChI is InChI=1S/C17H19N3/c1-12-5-7-20(8-6-12)17-15(11-18)10-14-4-3-13(2)9-16(14)19-17/h3-4,9-10,12H,5-8H2,1-2H3/p+1. The first-order valence-corrected chi connectivity index (χ1v) is 7.29. The first kappa shape index (κ1) is 12.9. The number of anilines is 1. The summed E-state index contributed by atoms with van der Waals surface area (Å²) in [6, 6.07) is 10.6. The summed E-state index contributed by atoms with van der Waals surface area (Å²) in [5.74, 6) is 1.77. The van der Waals surface area contributed by atoms with Crippen LogP contribution in [0, 0.1) is 24.2 Å². The molecule has 0 unspecified atom stereocenters. The van der Waals surface area contributed by atoms with E-state index in [0.29, 0.717) is 0 Å². The summed E-state index contributed by atoms with van der Waals surface area (Å²) in [6.07, 6.45) is 2.40. The van der Waals surface area contributed by atoms with Gasteiger partial charge in [-0.25, -0.2) is 4.98 Å². The van der Waals surface area contributed by atoms with Gasteiger partial charge in [-0.1, -0.05) is 19.1 Å². The highest BCUT2D eigenvalue weighted by Crippen LogP contribution is 2.24. The molecule has 2 aromatic rings. The number of nitrogens with zero attached hydrogens (tertiary/aromatic N) is 2. The minimum atomic E-state index is 0.746. The molecule has 1 aliphatic rings. The molecule has 3 heteroatoms. The van der Waals surface area contributed by atoms with Crippen LogP contribution in [0.15, 0.2) is 24.3 Å². The third kappa shape index (κ3) is 2.34. The Balaban J connectivity index is 2.06. The molecule has 1 fully saturated rings. The number of aromatic amines is 1.